The van der Waals surface area contributed by atoms with Crippen LogP contribution in [0.4, 0.5) is 26.3 Å². The van der Waals surface area contributed by atoms with Crippen LogP contribution in [0, 0.1) is 0 Å². The summed E-state index contributed by atoms with van der Waals surface area (Å²) >= 11 is 0. The molecule has 1 N–H and O–H groups in total. The van der Waals surface area contributed by atoms with Gasteiger partial charge in [0.05, 0.1) is 6.61 Å². The fourth-order valence-corrected chi connectivity index (χ4v) is 1.57. The SMILES string of the molecule is O=C(C1CNCCO1)N(CC(F)(F)F)CC(F)(F)F. The van der Waals surface area contributed by atoms with E-state index in [9.17, 15) is 31.1 Å². The van der Waals surface area contributed by atoms with E-state index in [0.717, 1.165) is 0 Å². The molecule has 10 heteroatoms. The quantitative estimate of drug-likeness (QED) is 0.787. The summed E-state index contributed by atoms with van der Waals surface area (Å²) in [5, 5.41) is 2.66. The molecule has 1 rings (SSSR count). The van der Waals surface area contributed by atoms with E-state index in [1.165, 1.54) is 0 Å². The maximum Gasteiger partial charge on any atom is 0.406 e. The number of ether oxygens (including phenoxy) is 1. The number of halogens is 6. The molecule has 112 valence electrons. The number of hydrogen-bond donors (Lipinski definition) is 1. The second-order valence-electron chi connectivity index (χ2n) is 3.99. The molecule has 1 aliphatic heterocycles. The molecule has 4 nitrogen and oxygen atoms in total. The van der Waals surface area contributed by atoms with Crippen LogP contribution < -0.4 is 5.32 Å². The maximum absolute atomic E-state index is 12.2. The minimum Gasteiger partial charge on any atom is -0.366 e. The predicted molar refractivity (Wildman–Crippen MR) is 51.3 cm³/mol. The average Bonchev–Trinajstić information content (AvgIpc) is 2.24. The molecule has 0 radical (unpaired) electrons. The zero-order valence-corrected chi connectivity index (χ0v) is 9.64. The van der Waals surface area contributed by atoms with Crippen molar-refractivity contribution in [3.8, 4) is 0 Å². The van der Waals surface area contributed by atoms with Gasteiger partial charge in [-0.25, -0.2) is 0 Å². The van der Waals surface area contributed by atoms with Crippen molar-refractivity contribution in [2.24, 2.45) is 0 Å². The largest absolute Gasteiger partial charge is 0.406 e. The minimum atomic E-state index is -4.90. The highest BCUT2D eigenvalue weighted by Crippen LogP contribution is 2.22. The number of carbonyl (C=O) groups is 1. The lowest BCUT2D eigenvalue weighted by molar-refractivity contribution is -0.193. The van der Waals surface area contributed by atoms with Crippen LogP contribution in [-0.4, -0.2) is 62.0 Å². The van der Waals surface area contributed by atoms with Gasteiger partial charge < -0.3 is 15.0 Å². The zero-order valence-electron chi connectivity index (χ0n) is 9.64. The van der Waals surface area contributed by atoms with Crippen molar-refractivity contribution in [1.82, 2.24) is 10.2 Å². The van der Waals surface area contributed by atoms with Gasteiger partial charge in [0.2, 0.25) is 0 Å². The van der Waals surface area contributed by atoms with Crippen molar-refractivity contribution in [1.29, 1.82) is 0 Å². The molecular weight excluding hydrogens is 282 g/mol. The van der Waals surface area contributed by atoms with Crippen LogP contribution in [0.1, 0.15) is 0 Å². The smallest absolute Gasteiger partial charge is 0.366 e. The van der Waals surface area contributed by atoms with Gasteiger partial charge in [0.15, 0.2) is 0 Å². The van der Waals surface area contributed by atoms with Gasteiger partial charge in [0.25, 0.3) is 5.91 Å². The third kappa shape index (κ3) is 6.10. The van der Waals surface area contributed by atoms with Crippen molar-refractivity contribution in [3.05, 3.63) is 0 Å². The van der Waals surface area contributed by atoms with E-state index in [4.69, 9.17) is 4.74 Å². The van der Waals surface area contributed by atoms with Crippen molar-refractivity contribution < 1.29 is 35.9 Å². The van der Waals surface area contributed by atoms with Crippen molar-refractivity contribution in [3.63, 3.8) is 0 Å². The summed E-state index contributed by atoms with van der Waals surface area (Å²) in [5.74, 6) is -1.32. The maximum atomic E-state index is 12.2. The number of rotatable bonds is 3. The standard InChI is InChI=1S/C9H12F6N2O2/c10-8(11,12)4-17(5-9(13,14)15)7(18)6-3-16-1-2-19-6/h6,16H,1-5H2. The molecule has 0 aliphatic carbocycles. The van der Waals surface area contributed by atoms with E-state index in [-0.39, 0.29) is 18.1 Å². The third-order valence-corrected chi connectivity index (χ3v) is 2.26. The summed E-state index contributed by atoms with van der Waals surface area (Å²) in [7, 11) is 0. The number of morpholine rings is 1. The second-order valence-corrected chi connectivity index (χ2v) is 3.99. The van der Waals surface area contributed by atoms with E-state index in [1.807, 2.05) is 0 Å². The van der Waals surface area contributed by atoms with Gasteiger partial charge in [-0.05, 0) is 0 Å². The number of carbonyl (C=O) groups excluding carboxylic acids is 1. The number of nitrogens with one attached hydrogen (secondary N) is 1. The van der Waals surface area contributed by atoms with Crippen LogP contribution in [-0.2, 0) is 9.53 Å². The Morgan fingerprint density at radius 2 is 1.68 bits per heavy atom. The van der Waals surface area contributed by atoms with Crippen LogP contribution in [0.5, 0.6) is 0 Å². The van der Waals surface area contributed by atoms with Gasteiger partial charge >= 0.3 is 12.4 Å². The van der Waals surface area contributed by atoms with E-state index < -0.39 is 37.5 Å². The number of hydrogen-bond acceptors (Lipinski definition) is 3. The molecule has 1 unspecified atom stereocenters. The normalized spacial score (nSPS) is 21.3. The Bertz CT molecular complexity index is 295. The first-order valence-electron chi connectivity index (χ1n) is 5.33. The molecule has 0 aromatic carbocycles. The van der Waals surface area contributed by atoms with E-state index in [2.05, 4.69) is 5.32 Å². The molecule has 0 bridgehead atoms. The Kier molecular flexibility index (Phi) is 5.02. The molecule has 1 saturated heterocycles. The topological polar surface area (TPSA) is 41.6 Å². The Morgan fingerprint density at radius 3 is 2.05 bits per heavy atom. The summed E-state index contributed by atoms with van der Waals surface area (Å²) in [4.78, 5) is 11.3. The van der Waals surface area contributed by atoms with Crippen LogP contribution >= 0.6 is 0 Å². The highest BCUT2D eigenvalue weighted by atomic mass is 19.4. The summed E-state index contributed by atoms with van der Waals surface area (Å²) in [5.41, 5.74) is 0. The van der Waals surface area contributed by atoms with Crippen molar-refractivity contribution in [2.45, 2.75) is 18.5 Å². The van der Waals surface area contributed by atoms with Crippen LogP contribution in [0.2, 0.25) is 0 Å². The third-order valence-electron chi connectivity index (χ3n) is 2.26. The van der Waals surface area contributed by atoms with Crippen LogP contribution in [0.3, 0.4) is 0 Å². The molecule has 1 amide bonds. The summed E-state index contributed by atoms with van der Waals surface area (Å²) in [6, 6.07) is 0. The molecule has 1 aliphatic rings. The summed E-state index contributed by atoms with van der Waals surface area (Å²) in [6.45, 7) is -3.56. The molecule has 0 spiro atoms. The Balaban J connectivity index is 2.73. The first-order valence-corrected chi connectivity index (χ1v) is 5.33. The van der Waals surface area contributed by atoms with Crippen molar-refractivity contribution >= 4 is 5.91 Å². The lowest BCUT2D eigenvalue weighted by Crippen LogP contribution is -2.53. The first-order chi connectivity index (χ1) is 8.58. The lowest BCUT2D eigenvalue weighted by Gasteiger charge is -2.30. The summed E-state index contributed by atoms with van der Waals surface area (Å²) < 4.78 is 78.0. The molecule has 0 aromatic heterocycles. The number of alkyl halides is 6. The summed E-state index contributed by atoms with van der Waals surface area (Å²) in [6.07, 6.45) is -11.1. The highest BCUT2D eigenvalue weighted by Gasteiger charge is 2.41. The van der Waals surface area contributed by atoms with E-state index in [1.54, 1.807) is 0 Å². The zero-order chi connectivity index (χ0) is 14.7. The van der Waals surface area contributed by atoms with Gasteiger partial charge in [-0.3, -0.25) is 4.79 Å². The monoisotopic (exact) mass is 294 g/mol. The van der Waals surface area contributed by atoms with Crippen molar-refractivity contribution in [2.75, 3.05) is 32.8 Å². The number of amides is 1. The van der Waals surface area contributed by atoms with Gasteiger partial charge in [0, 0.05) is 13.1 Å². The lowest BCUT2D eigenvalue weighted by atomic mass is 10.2. The fraction of sp³-hybridized carbons (Fsp3) is 0.889. The highest BCUT2D eigenvalue weighted by molar-refractivity contribution is 5.81. The fourth-order valence-electron chi connectivity index (χ4n) is 1.57. The Morgan fingerprint density at radius 1 is 1.16 bits per heavy atom. The number of nitrogens with zero attached hydrogens (tertiary/aromatic N) is 1. The average molecular weight is 294 g/mol. The Hall–Kier alpha value is -1.03. The molecule has 0 saturated carbocycles. The minimum absolute atomic E-state index is 0.0578. The van der Waals surface area contributed by atoms with E-state index in [0.29, 0.717) is 6.54 Å². The van der Waals surface area contributed by atoms with Crippen LogP contribution in [0.15, 0.2) is 0 Å². The van der Waals surface area contributed by atoms with Gasteiger partial charge in [-0.2, -0.15) is 26.3 Å². The predicted octanol–water partition coefficient (Wildman–Crippen LogP) is 0.928. The van der Waals surface area contributed by atoms with Gasteiger partial charge in [-0.15, -0.1) is 0 Å². The molecule has 1 atom stereocenters. The molecule has 1 heterocycles. The Labute approximate surface area is 104 Å². The van der Waals surface area contributed by atoms with E-state index >= 15 is 0 Å². The molecule has 0 aromatic rings. The van der Waals surface area contributed by atoms with Crippen LogP contribution in [0.25, 0.3) is 0 Å². The molecule has 19 heavy (non-hydrogen) atoms. The second kappa shape index (κ2) is 5.95. The van der Waals surface area contributed by atoms with Gasteiger partial charge in [0.1, 0.15) is 19.2 Å². The molecular formula is C9H12F6N2O2. The first kappa shape index (κ1) is 16.0. The van der Waals surface area contributed by atoms with Gasteiger partial charge in [-0.1, -0.05) is 0 Å². The molecule has 1 fully saturated rings.